The first-order valence-electron chi connectivity index (χ1n) is 5.40. The van der Waals surface area contributed by atoms with Gasteiger partial charge in [0.05, 0.1) is 0 Å². The SMILES string of the molecule is CCNc1nc(C)nc(NC(C)C)c1C. The molecule has 0 aliphatic carbocycles. The van der Waals surface area contributed by atoms with Crippen molar-refractivity contribution in [3.05, 3.63) is 11.4 Å². The summed E-state index contributed by atoms with van der Waals surface area (Å²) in [5, 5.41) is 6.56. The molecule has 4 nitrogen and oxygen atoms in total. The summed E-state index contributed by atoms with van der Waals surface area (Å²) in [6.07, 6.45) is 0. The van der Waals surface area contributed by atoms with E-state index in [1.807, 2.05) is 13.8 Å². The van der Waals surface area contributed by atoms with Gasteiger partial charge in [0.25, 0.3) is 0 Å². The Morgan fingerprint density at radius 1 is 1.13 bits per heavy atom. The molecule has 0 fully saturated rings. The summed E-state index contributed by atoms with van der Waals surface area (Å²) in [6, 6.07) is 0.382. The number of aryl methyl sites for hydroxylation is 1. The molecule has 1 aromatic rings. The Morgan fingerprint density at radius 2 is 1.73 bits per heavy atom. The minimum Gasteiger partial charge on any atom is -0.370 e. The van der Waals surface area contributed by atoms with Gasteiger partial charge in [-0.2, -0.15) is 0 Å². The lowest BCUT2D eigenvalue weighted by atomic mass is 10.2. The fourth-order valence-electron chi connectivity index (χ4n) is 1.38. The summed E-state index contributed by atoms with van der Waals surface area (Å²) in [5.41, 5.74) is 1.08. The van der Waals surface area contributed by atoms with Gasteiger partial charge in [0, 0.05) is 18.2 Å². The number of anilines is 2. The van der Waals surface area contributed by atoms with Crippen molar-refractivity contribution in [2.45, 2.75) is 40.7 Å². The van der Waals surface area contributed by atoms with Crippen molar-refractivity contribution in [1.82, 2.24) is 9.97 Å². The normalized spacial score (nSPS) is 10.5. The second-order valence-corrected chi connectivity index (χ2v) is 3.92. The average molecular weight is 208 g/mol. The van der Waals surface area contributed by atoms with Crippen LogP contribution < -0.4 is 10.6 Å². The van der Waals surface area contributed by atoms with Gasteiger partial charge in [-0.05, 0) is 34.6 Å². The van der Waals surface area contributed by atoms with E-state index in [1.54, 1.807) is 0 Å². The molecule has 15 heavy (non-hydrogen) atoms. The molecule has 2 N–H and O–H groups in total. The minimum atomic E-state index is 0.382. The highest BCUT2D eigenvalue weighted by molar-refractivity contribution is 5.57. The molecular weight excluding hydrogens is 188 g/mol. The fraction of sp³-hybridized carbons (Fsp3) is 0.636. The summed E-state index contributed by atoms with van der Waals surface area (Å²) in [5.74, 6) is 2.64. The van der Waals surface area contributed by atoms with Crippen molar-refractivity contribution in [2.24, 2.45) is 0 Å². The second kappa shape index (κ2) is 4.96. The summed E-state index contributed by atoms with van der Waals surface area (Å²) in [4.78, 5) is 8.76. The number of nitrogens with zero attached hydrogens (tertiary/aromatic N) is 2. The van der Waals surface area contributed by atoms with E-state index in [0.29, 0.717) is 6.04 Å². The third-order valence-corrected chi connectivity index (χ3v) is 2.03. The van der Waals surface area contributed by atoms with Crippen molar-refractivity contribution in [3.8, 4) is 0 Å². The maximum Gasteiger partial charge on any atom is 0.134 e. The summed E-state index contributed by atoms with van der Waals surface area (Å²) >= 11 is 0. The van der Waals surface area contributed by atoms with Crippen LogP contribution in [0.15, 0.2) is 0 Å². The van der Waals surface area contributed by atoms with Crippen LogP contribution in [0.1, 0.15) is 32.2 Å². The Balaban J connectivity index is 3.04. The predicted molar refractivity (Wildman–Crippen MR) is 64.4 cm³/mol. The van der Waals surface area contributed by atoms with Gasteiger partial charge < -0.3 is 10.6 Å². The van der Waals surface area contributed by atoms with Gasteiger partial charge in [-0.3, -0.25) is 0 Å². The zero-order valence-corrected chi connectivity index (χ0v) is 10.2. The molecule has 0 saturated heterocycles. The van der Waals surface area contributed by atoms with Crippen LogP contribution in [0.25, 0.3) is 0 Å². The van der Waals surface area contributed by atoms with E-state index in [2.05, 4.69) is 41.4 Å². The van der Waals surface area contributed by atoms with Crippen LogP contribution in [0.2, 0.25) is 0 Å². The molecule has 0 aliphatic rings. The maximum atomic E-state index is 4.39. The summed E-state index contributed by atoms with van der Waals surface area (Å²) in [6.45, 7) is 11.1. The maximum absolute atomic E-state index is 4.39. The standard InChI is InChI=1S/C11H20N4/c1-6-12-10-8(4)11(13-7(2)3)15-9(5)14-10/h7H,6H2,1-5H3,(H2,12,13,14,15). The van der Waals surface area contributed by atoms with E-state index >= 15 is 0 Å². The van der Waals surface area contributed by atoms with Crippen LogP contribution in [-0.2, 0) is 0 Å². The average Bonchev–Trinajstić information content (AvgIpc) is 2.12. The number of hydrogen-bond acceptors (Lipinski definition) is 4. The zero-order valence-electron chi connectivity index (χ0n) is 10.2. The van der Waals surface area contributed by atoms with E-state index in [0.717, 1.165) is 29.6 Å². The van der Waals surface area contributed by atoms with Crippen molar-refractivity contribution in [2.75, 3.05) is 17.2 Å². The molecule has 0 unspecified atom stereocenters. The predicted octanol–water partition coefficient (Wildman–Crippen LogP) is 2.35. The molecule has 0 spiro atoms. The Kier molecular flexibility index (Phi) is 3.88. The monoisotopic (exact) mass is 208 g/mol. The summed E-state index contributed by atoms with van der Waals surface area (Å²) in [7, 11) is 0. The van der Waals surface area contributed by atoms with Crippen molar-refractivity contribution >= 4 is 11.6 Å². The van der Waals surface area contributed by atoms with E-state index in [4.69, 9.17) is 0 Å². The first-order valence-corrected chi connectivity index (χ1v) is 5.40. The lowest BCUT2D eigenvalue weighted by molar-refractivity contribution is 0.875. The third kappa shape index (κ3) is 3.08. The van der Waals surface area contributed by atoms with E-state index < -0.39 is 0 Å². The Hall–Kier alpha value is -1.32. The molecule has 1 aromatic heterocycles. The fourth-order valence-corrected chi connectivity index (χ4v) is 1.38. The van der Waals surface area contributed by atoms with Crippen LogP contribution >= 0.6 is 0 Å². The molecule has 0 amide bonds. The smallest absolute Gasteiger partial charge is 0.134 e. The molecule has 0 saturated carbocycles. The Morgan fingerprint density at radius 3 is 2.27 bits per heavy atom. The second-order valence-electron chi connectivity index (χ2n) is 3.92. The van der Waals surface area contributed by atoms with Gasteiger partial charge in [0.2, 0.25) is 0 Å². The highest BCUT2D eigenvalue weighted by atomic mass is 15.1. The Labute approximate surface area is 91.5 Å². The molecule has 0 aliphatic heterocycles. The van der Waals surface area contributed by atoms with Crippen molar-refractivity contribution in [3.63, 3.8) is 0 Å². The molecular formula is C11H20N4. The molecule has 0 atom stereocenters. The molecule has 84 valence electrons. The van der Waals surface area contributed by atoms with Crippen LogP contribution in [0.3, 0.4) is 0 Å². The van der Waals surface area contributed by atoms with Crippen LogP contribution in [0.4, 0.5) is 11.6 Å². The van der Waals surface area contributed by atoms with Gasteiger partial charge in [-0.15, -0.1) is 0 Å². The zero-order chi connectivity index (χ0) is 11.4. The molecule has 0 radical (unpaired) electrons. The molecule has 0 aromatic carbocycles. The molecule has 4 heteroatoms. The van der Waals surface area contributed by atoms with Crippen LogP contribution in [-0.4, -0.2) is 22.6 Å². The quantitative estimate of drug-likeness (QED) is 0.797. The molecule has 1 heterocycles. The van der Waals surface area contributed by atoms with Crippen LogP contribution in [0, 0.1) is 13.8 Å². The number of aromatic nitrogens is 2. The van der Waals surface area contributed by atoms with Gasteiger partial charge in [-0.25, -0.2) is 9.97 Å². The summed E-state index contributed by atoms with van der Waals surface area (Å²) < 4.78 is 0. The van der Waals surface area contributed by atoms with E-state index in [1.165, 1.54) is 0 Å². The lowest BCUT2D eigenvalue weighted by Gasteiger charge is -2.15. The largest absolute Gasteiger partial charge is 0.370 e. The van der Waals surface area contributed by atoms with Gasteiger partial charge in [-0.1, -0.05) is 0 Å². The van der Waals surface area contributed by atoms with E-state index in [9.17, 15) is 0 Å². The first kappa shape index (κ1) is 11.8. The first-order chi connectivity index (χ1) is 7.04. The van der Waals surface area contributed by atoms with Gasteiger partial charge >= 0.3 is 0 Å². The highest BCUT2D eigenvalue weighted by Crippen LogP contribution is 2.20. The Bertz CT molecular complexity index is 334. The lowest BCUT2D eigenvalue weighted by Crippen LogP contribution is -2.15. The minimum absolute atomic E-state index is 0.382. The van der Waals surface area contributed by atoms with E-state index in [-0.39, 0.29) is 0 Å². The van der Waals surface area contributed by atoms with Crippen LogP contribution in [0.5, 0.6) is 0 Å². The number of hydrogen-bond donors (Lipinski definition) is 2. The number of nitrogens with one attached hydrogen (secondary N) is 2. The van der Waals surface area contributed by atoms with Gasteiger partial charge in [0.1, 0.15) is 17.5 Å². The van der Waals surface area contributed by atoms with Crippen molar-refractivity contribution < 1.29 is 0 Å². The topological polar surface area (TPSA) is 49.8 Å². The van der Waals surface area contributed by atoms with Gasteiger partial charge in [0.15, 0.2) is 0 Å². The number of rotatable bonds is 4. The highest BCUT2D eigenvalue weighted by Gasteiger charge is 2.08. The molecule has 0 bridgehead atoms. The third-order valence-electron chi connectivity index (χ3n) is 2.03. The molecule has 1 rings (SSSR count). The van der Waals surface area contributed by atoms with Crippen molar-refractivity contribution in [1.29, 1.82) is 0 Å².